The second kappa shape index (κ2) is 11.6. The van der Waals surface area contributed by atoms with Gasteiger partial charge in [-0.25, -0.2) is 12.7 Å². The maximum atomic E-state index is 13.2. The monoisotopic (exact) mass is 517 g/mol. The average Bonchev–Trinajstić information content (AvgIpc) is 2.95. The molecule has 0 unspecified atom stereocenters. The van der Waals surface area contributed by atoms with Gasteiger partial charge in [0.25, 0.3) is 5.91 Å². The van der Waals surface area contributed by atoms with Crippen LogP contribution in [0, 0.1) is 0 Å². The van der Waals surface area contributed by atoms with Gasteiger partial charge in [0, 0.05) is 44.8 Å². The number of amides is 1. The van der Waals surface area contributed by atoms with Crippen LogP contribution in [0.1, 0.15) is 52.4 Å². The van der Waals surface area contributed by atoms with Gasteiger partial charge in [-0.2, -0.15) is 0 Å². The topological polar surface area (TPSA) is 60.9 Å². The molecule has 5 rings (SSSR count). The van der Waals surface area contributed by atoms with Crippen LogP contribution >= 0.6 is 0 Å². The number of rotatable bonds is 7. The number of carbonyl (C=O) groups excluding carboxylic acids is 1. The minimum Gasteiger partial charge on any atom is -0.336 e. The van der Waals surface area contributed by atoms with E-state index < -0.39 is 10.0 Å². The van der Waals surface area contributed by atoms with Crippen LogP contribution in [0.2, 0.25) is 0 Å². The predicted octanol–water partition coefficient (Wildman–Crippen LogP) is 4.55. The maximum absolute atomic E-state index is 13.2. The number of hydrogen-bond donors (Lipinski definition) is 0. The van der Waals surface area contributed by atoms with Gasteiger partial charge in [0.1, 0.15) is 0 Å². The Morgan fingerprint density at radius 2 is 1.22 bits per heavy atom. The van der Waals surface area contributed by atoms with Crippen LogP contribution in [0.5, 0.6) is 0 Å². The van der Waals surface area contributed by atoms with Crippen LogP contribution in [-0.2, 0) is 15.8 Å². The van der Waals surface area contributed by atoms with E-state index in [2.05, 4.69) is 53.4 Å². The molecule has 3 aromatic carbocycles. The second-order valence-electron chi connectivity index (χ2n) is 9.96. The van der Waals surface area contributed by atoms with Gasteiger partial charge in [-0.05, 0) is 41.7 Å². The fourth-order valence-electron chi connectivity index (χ4n) is 5.44. The van der Waals surface area contributed by atoms with Crippen molar-refractivity contribution in [3.8, 4) is 0 Å². The van der Waals surface area contributed by atoms with Gasteiger partial charge in [0.05, 0.1) is 11.8 Å². The zero-order chi connectivity index (χ0) is 25.7. The van der Waals surface area contributed by atoms with Crippen molar-refractivity contribution in [3.05, 3.63) is 107 Å². The molecule has 3 aromatic rings. The van der Waals surface area contributed by atoms with Gasteiger partial charge >= 0.3 is 0 Å². The molecule has 0 aliphatic carbocycles. The molecule has 7 heteroatoms. The second-order valence-corrected chi connectivity index (χ2v) is 11.9. The van der Waals surface area contributed by atoms with E-state index >= 15 is 0 Å². The zero-order valence-corrected chi connectivity index (χ0v) is 22.0. The lowest BCUT2D eigenvalue weighted by molar-refractivity contribution is 0.0597. The van der Waals surface area contributed by atoms with E-state index in [1.807, 2.05) is 17.0 Å². The van der Waals surface area contributed by atoms with Crippen LogP contribution < -0.4 is 0 Å². The van der Waals surface area contributed by atoms with Crippen LogP contribution in [-0.4, -0.2) is 67.7 Å². The Morgan fingerprint density at radius 1 is 0.676 bits per heavy atom. The highest BCUT2D eigenvalue weighted by molar-refractivity contribution is 7.88. The molecule has 2 heterocycles. The fraction of sp³-hybridized carbons (Fsp3) is 0.367. The molecule has 2 saturated heterocycles. The summed E-state index contributed by atoms with van der Waals surface area (Å²) in [6, 6.07) is 28.3. The fourth-order valence-corrected chi connectivity index (χ4v) is 7.05. The van der Waals surface area contributed by atoms with Gasteiger partial charge < -0.3 is 4.90 Å². The Bertz CT molecular complexity index is 1230. The molecule has 0 N–H and O–H groups in total. The van der Waals surface area contributed by atoms with Crippen molar-refractivity contribution in [2.75, 3.05) is 39.3 Å². The Kier molecular flexibility index (Phi) is 8.03. The molecule has 6 nitrogen and oxygen atoms in total. The molecule has 2 fully saturated rings. The molecule has 0 spiro atoms. The van der Waals surface area contributed by atoms with Crippen molar-refractivity contribution in [2.45, 2.75) is 31.1 Å². The molecule has 1 amide bonds. The highest BCUT2D eigenvalue weighted by Crippen LogP contribution is 2.29. The molecule has 194 valence electrons. The summed E-state index contributed by atoms with van der Waals surface area (Å²) < 4.78 is 27.1. The van der Waals surface area contributed by atoms with Crippen molar-refractivity contribution in [3.63, 3.8) is 0 Å². The summed E-state index contributed by atoms with van der Waals surface area (Å²) in [7, 11) is -3.32. The number of sulfonamides is 1. The van der Waals surface area contributed by atoms with E-state index in [4.69, 9.17) is 0 Å². The van der Waals surface area contributed by atoms with Gasteiger partial charge in [0.2, 0.25) is 10.0 Å². The lowest BCUT2D eigenvalue weighted by Gasteiger charge is -2.39. The molecular weight excluding hydrogens is 482 g/mol. The smallest absolute Gasteiger partial charge is 0.253 e. The Hall–Kier alpha value is -3.00. The number of carbonyl (C=O) groups is 1. The number of piperazine rings is 1. The van der Waals surface area contributed by atoms with E-state index in [1.54, 1.807) is 28.6 Å². The minimum atomic E-state index is -3.32. The highest BCUT2D eigenvalue weighted by atomic mass is 32.2. The summed E-state index contributed by atoms with van der Waals surface area (Å²) in [6.45, 7) is 4.10. The van der Waals surface area contributed by atoms with E-state index in [1.165, 1.54) is 11.1 Å². The third kappa shape index (κ3) is 6.12. The molecule has 2 aliphatic heterocycles. The maximum Gasteiger partial charge on any atom is 0.253 e. The summed E-state index contributed by atoms with van der Waals surface area (Å²) in [5, 5.41) is 0. The first-order valence-corrected chi connectivity index (χ1v) is 14.8. The van der Waals surface area contributed by atoms with Crippen molar-refractivity contribution in [1.29, 1.82) is 0 Å². The van der Waals surface area contributed by atoms with Gasteiger partial charge in [0.15, 0.2) is 0 Å². The summed E-state index contributed by atoms with van der Waals surface area (Å²) in [5.41, 5.74) is 3.84. The lowest BCUT2D eigenvalue weighted by atomic mass is 9.96. The SMILES string of the molecule is O=C(c1ccc(CS(=O)(=O)N2CCCCC2)cc1)N1CCN(C(c2ccccc2)c2ccccc2)CC1. The number of piperidine rings is 1. The number of benzene rings is 3. The van der Waals surface area contributed by atoms with Crippen molar-refractivity contribution in [1.82, 2.24) is 14.1 Å². The van der Waals surface area contributed by atoms with Crippen LogP contribution in [0.3, 0.4) is 0 Å². The molecular formula is C30H35N3O3S. The predicted molar refractivity (Wildman–Crippen MR) is 147 cm³/mol. The largest absolute Gasteiger partial charge is 0.336 e. The van der Waals surface area contributed by atoms with Gasteiger partial charge in [-0.3, -0.25) is 9.69 Å². The third-order valence-corrected chi connectivity index (χ3v) is 9.31. The molecule has 0 radical (unpaired) electrons. The van der Waals surface area contributed by atoms with Crippen LogP contribution in [0.4, 0.5) is 0 Å². The first-order valence-electron chi connectivity index (χ1n) is 13.2. The normalized spacial score (nSPS) is 17.7. The van der Waals surface area contributed by atoms with E-state index in [9.17, 15) is 13.2 Å². The van der Waals surface area contributed by atoms with Gasteiger partial charge in [-0.1, -0.05) is 79.2 Å². The number of nitrogens with zero attached hydrogens (tertiary/aromatic N) is 3. The summed E-state index contributed by atoms with van der Waals surface area (Å²) in [6.07, 6.45) is 2.95. The molecule has 0 aromatic heterocycles. The first-order chi connectivity index (χ1) is 18.0. The minimum absolute atomic E-state index is 0.000981. The number of hydrogen-bond acceptors (Lipinski definition) is 4. The molecule has 0 saturated carbocycles. The lowest BCUT2D eigenvalue weighted by Crippen LogP contribution is -2.49. The van der Waals surface area contributed by atoms with Crippen molar-refractivity contribution >= 4 is 15.9 Å². The zero-order valence-electron chi connectivity index (χ0n) is 21.2. The van der Waals surface area contributed by atoms with E-state index in [0.29, 0.717) is 31.7 Å². The molecule has 0 bridgehead atoms. The molecule has 37 heavy (non-hydrogen) atoms. The van der Waals surface area contributed by atoms with E-state index in [0.717, 1.165) is 37.9 Å². The van der Waals surface area contributed by atoms with Gasteiger partial charge in [-0.15, -0.1) is 0 Å². The van der Waals surface area contributed by atoms with Crippen LogP contribution in [0.15, 0.2) is 84.9 Å². The summed E-state index contributed by atoms with van der Waals surface area (Å²) in [4.78, 5) is 17.6. The molecule has 2 aliphatic rings. The van der Waals surface area contributed by atoms with Crippen LogP contribution in [0.25, 0.3) is 0 Å². The highest BCUT2D eigenvalue weighted by Gasteiger charge is 2.29. The third-order valence-electron chi connectivity index (χ3n) is 7.46. The first kappa shape index (κ1) is 25.6. The Balaban J connectivity index is 1.22. The van der Waals surface area contributed by atoms with Crippen molar-refractivity contribution in [2.24, 2.45) is 0 Å². The Morgan fingerprint density at radius 3 is 1.76 bits per heavy atom. The molecule has 0 atom stereocenters. The quantitative estimate of drug-likeness (QED) is 0.461. The Labute approximate surface area is 220 Å². The summed E-state index contributed by atoms with van der Waals surface area (Å²) in [5.74, 6) is -0.0124. The standard InChI is InChI=1S/C30H35N3O3S/c34-30(28-16-14-25(15-17-28)24-37(35,36)33-18-8-3-9-19-33)32-22-20-31(21-23-32)29(26-10-4-1-5-11-26)27-12-6-2-7-13-27/h1-2,4-7,10-17,29H,3,8-9,18-24H2. The summed E-state index contributed by atoms with van der Waals surface area (Å²) >= 11 is 0. The van der Waals surface area contributed by atoms with E-state index in [-0.39, 0.29) is 17.7 Å². The van der Waals surface area contributed by atoms with Crippen molar-refractivity contribution < 1.29 is 13.2 Å². The average molecular weight is 518 g/mol.